The van der Waals surface area contributed by atoms with Crippen molar-refractivity contribution in [2.75, 3.05) is 11.1 Å². The maximum atomic E-state index is 13.4. The largest absolute Gasteiger partial charge is 0.325 e. The van der Waals surface area contributed by atoms with Crippen LogP contribution in [0, 0.1) is 13.8 Å². The summed E-state index contributed by atoms with van der Waals surface area (Å²) in [7, 11) is 0. The predicted octanol–water partition coefficient (Wildman–Crippen LogP) is 4.73. The van der Waals surface area contributed by atoms with E-state index in [4.69, 9.17) is 4.98 Å². The fourth-order valence-electron chi connectivity index (χ4n) is 3.41. The van der Waals surface area contributed by atoms with Crippen LogP contribution >= 0.6 is 11.8 Å². The molecule has 0 atom stereocenters. The van der Waals surface area contributed by atoms with Crippen molar-refractivity contribution in [2.45, 2.75) is 19.0 Å². The lowest BCUT2D eigenvalue weighted by Crippen LogP contribution is -2.24. The molecule has 150 valence electrons. The Balaban J connectivity index is 1.75. The first kappa shape index (κ1) is 19.9. The molecule has 1 N–H and O–H groups in total. The Labute approximate surface area is 178 Å². The fraction of sp³-hybridized carbons (Fsp3) is 0.125. The van der Waals surface area contributed by atoms with Crippen molar-refractivity contribution in [1.29, 1.82) is 0 Å². The van der Waals surface area contributed by atoms with E-state index in [2.05, 4.69) is 5.32 Å². The molecule has 30 heavy (non-hydrogen) atoms. The van der Waals surface area contributed by atoms with Crippen molar-refractivity contribution in [1.82, 2.24) is 9.55 Å². The van der Waals surface area contributed by atoms with Crippen LogP contribution in [-0.2, 0) is 4.79 Å². The number of nitrogens with zero attached hydrogens (tertiary/aromatic N) is 2. The number of nitrogens with one attached hydrogen (secondary N) is 1. The van der Waals surface area contributed by atoms with E-state index in [9.17, 15) is 9.59 Å². The third kappa shape index (κ3) is 4.00. The lowest BCUT2D eigenvalue weighted by molar-refractivity contribution is -0.113. The van der Waals surface area contributed by atoms with E-state index in [0.29, 0.717) is 16.1 Å². The molecule has 4 aromatic rings. The molecule has 1 heterocycles. The van der Waals surface area contributed by atoms with Crippen LogP contribution in [0.15, 0.2) is 82.7 Å². The normalized spacial score (nSPS) is 10.9. The van der Waals surface area contributed by atoms with Gasteiger partial charge in [-0.25, -0.2) is 4.98 Å². The SMILES string of the molecule is Cc1cccc(C)c1-n1c(SCC(=O)Nc2ccccc2)nc2ccccc2c1=O. The molecule has 0 unspecified atom stereocenters. The lowest BCUT2D eigenvalue weighted by atomic mass is 10.1. The Bertz CT molecular complexity index is 1260. The average Bonchev–Trinajstić information content (AvgIpc) is 2.74. The van der Waals surface area contributed by atoms with Crippen molar-refractivity contribution in [3.8, 4) is 5.69 Å². The highest BCUT2D eigenvalue weighted by atomic mass is 32.2. The van der Waals surface area contributed by atoms with E-state index in [0.717, 1.165) is 22.5 Å². The van der Waals surface area contributed by atoms with Gasteiger partial charge in [0, 0.05) is 5.69 Å². The van der Waals surface area contributed by atoms with E-state index < -0.39 is 0 Å². The molecule has 0 fully saturated rings. The summed E-state index contributed by atoms with van der Waals surface area (Å²) in [6.07, 6.45) is 0. The summed E-state index contributed by atoms with van der Waals surface area (Å²) in [5.74, 6) is -0.00778. The summed E-state index contributed by atoms with van der Waals surface area (Å²) in [6, 6.07) is 22.5. The number of carbonyl (C=O) groups is 1. The summed E-state index contributed by atoms with van der Waals surface area (Å²) >= 11 is 1.26. The van der Waals surface area contributed by atoms with Gasteiger partial charge in [-0.1, -0.05) is 60.3 Å². The van der Waals surface area contributed by atoms with Gasteiger partial charge in [0.25, 0.3) is 5.56 Å². The minimum Gasteiger partial charge on any atom is -0.325 e. The van der Waals surface area contributed by atoms with Crippen molar-refractivity contribution < 1.29 is 4.79 Å². The number of benzene rings is 3. The van der Waals surface area contributed by atoms with Gasteiger partial charge in [-0.05, 0) is 49.2 Å². The van der Waals surface area contributed by atoms with Crippen molar-refractivity contribution in [3.63, 3.8) is 0 Å². The molecule has 0 spiro atoms. The number of carbonyl (C=O) groups excluding carboxylic acids is 1. The van der Waals surface area contributed by atoms with Gasteiger partial charge >= 0.3 is 0 Å². The predicted molar refractivity (Wildman–Crippen MR) is 123 cm³/mol. The molecular weight excluding hydrogens is 394 g/mol. The zero-order chi connectivity index (χ0) is 21.1. The lowest BCUT2D eigenvalue weighted by Gasteiger charge is -2.17. The van der Waals surface area contributed by atoms with E-state index in [1.807, 2.05) is 80.6 Å². The van der Waals surface area contributed by atoms with E-state index >= 15 is 0 Å². The maximum Gasteiger partial charge on any atom is 0.266 e. The van der Waals surface area contributed by atoms with Gasteiger partial charge in [-0.3, -0.25) is 14.2 Å². The fourth-order valence-corrected chi connectivity index (χ4v) is 4.21. The van der Waals surface area contributed by atoms with Crippen LogP contribution in [0.4, 0.5) is 5.69 Å². The highest BCUT2D eigenvalue weighted by molar-refractivity contribution is 7.99. The molecule has 1 amide bonds. The molecule has 0 radical (unpaired) electrons. The van der Waals surface area contributed by atoms with E-state index in [-0.39, 0.29) is 17.2 Å². The summed E-state index contributed by atoms with van der Waals surface area (Å²) in [4.78, 5) is 30.6. The minimum atomic E-state index is -0.151. The van der Waals surface area contributed by atoms with Crippen LogP contribution in [0.2, 0.25) is 0 Å². The number of rotatable bonds is 5. The molecule has 0 aliphatic rings. The van der Waals surface area contributed by atoms with Gasteiger partial charge in [0.15, 0.2) is 5.16 Å². The number of anilines is 1. The molecular formula is C24H21N3O2S. The number of hydrogen-bond acceptors (Lipinski definition) is 4. The number of fused-ring (bicyclic) bond motifs is 1. The first-order chi connectivity index (χ1) is 14.5. The molecule has 5 nitrogen and oxygen atoms in total. The van der Waals surface area contributed by atoms with Crippen LogP contribution in [-0.4, -0.2) is 21.2 Å². The Hall–Kier alpha value is -3.38. The van der Waals surface area contributed by atoms with Gasteiger partial charge < -0.3 is 5.32 Å². The second-order valence-corrected chi connectivity index (χ2v) is 7.94. The summed E-state index contributed by atoms with van der Waals surface area (Å²) in [5, 5.41) is 3.92. The minimum absolute atomic E-state index is 0.135. The number of aryl methyl sites for hydroxylation is 2. The van der Waals surface area contributed by atoms with Crippen LogP contribution < -0.4 is 10.9 Å². The number of hydrogen-bond donors (Lipinski definition) is 1. The van der Waals surface area contributed by atoms with Crippen LogP contribution in [0.25, 0.3) is 16.6 Å². The Morgan fingerprint density at radius 2 is 1.60 bits per heavy atom. The molecule has 0 saturated carbocycles. The number of amides is 1. The van der Waals surface area contributed by atoms with Gasteiger partial charge in [0.2, 0.25) is 5.91 Å². The first-order valence-electron chi connectivity index (χ1n) is 9.60. The Kier molecular flexibility index (Phi) is 5.68. The molecule has 0 aliphatic carbocycles. The Morgan fingerprint density at radius 3 is 2.33 bits per heavy atom. The average molecular weight is 416 g/mol. The van der Waals surface area contributed by atoms with Crippen LogP contribution in [0.5, 0.6) is 0 Å². The monoisotopic (exact) mass is 415 g/mol. The van der Waals surface area contributed by atoms with Crippen molar-refractivity contribution in [2.24, 2.45) is 0 Å². The Morgan fingerprint density at radius 1 is 0.933 bits per heavy atom. The summed E-state index contributed by atoms with van der Waals surface area (Å²) < 4.78 is 1.63. The maximum absolute atomic E-state index is 13.4. The summed E-state index contributed by atoms with van der Waals surface area (Å²) in [6.45, 7) is 3.95. The van der Waals surface area contributed by atoms with Gasteiger partial charge in [0.05, 0.1) is 22.3 Å². The van der Waals surface area contributed by atoms with Crippen LogP contribution in [0.3, 0.4) is 0 Å². The first-order valence-corrected chi connectivity index (χ1v) is 10.6. The van der Waals surface area contributed by atoms with Crippen LogP contribution in [0.1, 0.15) is 11.1 Å². The topological polar surface area (TPSA) is 64.0 Å². The van der Waals surface area contributed by atoms with Gasteiger partial charge in [-0.2, -0.15) is 0 Å². The molecule has 3 aromatic carbocycles. The third-order valence-electron chi connectivity index (χ3n) is 4.80. The zero-order valence-corrected chi connectivity index (χ0v) is 17.6. The van der Waals surface area contributed by atoms with E-state index in [1.54, 1.807) is 10.6 Å². The molecule has 0 bridgehead atoms. The zero-order valence-electron chi connectivity index (χ0n) is 16.8. The molecule has 4 rings (SSSR count). The number of thioether (sulfide) groups is 1. The molecule has 0 saturated heterocycles. The van der Waals surface area contributed by atoms with E-state index in [1.165, 1.54) is 11.8 Å². The molecule has 0 aliphatic heterocycles. The summed E-state index contributed by atoms with van der Waals surface area (Å²) in [5.41, 5.74) is 3.99. The van der Waals surface area contributed by atoms with Crippen molar-refractivity contribution in [3.05, 3.63) is 94.3 Å². The quantitative estimate of drug-likeness (QED) is 0.378. The highest BCUT2D eigenvalue weighted by Crippen LogP contribution is 2.25. The second kappa shape index (κ2) is 8.55. The number of para-hydroxylation sites is 3. The highest BCUT2D eigenvalue weighted by Gasteiger charge is 2.17. The van der Waals surface area contributed by atoms with Gasteiger partial charge in [-0.15, -0.1) is 0 Å². The third-order valence-corrected chi connectivity index (χ3v) is 5.74. The molecule has 1 aromatic heterocycles. The van der Waals surface area contributed by atoms with Crippen molar-refractivity contribution >= 4 is 34.3 Å². The van der Waals surface area contributed by atoms with Gasteiger partial charge in [0.1, 0.15) is 0 Å². The second-order valence-electron chi connectivity index (χ2n) is 7.00. The molecule has 6 heteroatoms. The standard InChI is InChI=1S/C24H21N3O2S/c1-16-9-8-10-17(2)22(16)27-23(29)19-13-6-7-14-20(19)26-24(27)30-15-21(28)25-18-11-4-3-5-12-18/h3-14H,15H2,1-2H3,(H,25,28). The number of aromatic nitrogens is 2. The smallest absolute Gasteiger partial charge is 0.266 e.